The van der Waals surface area contributed by atoms with Gasteiger partial charge in [-0.2, -0.15) is 11.8 Å². The summed E-state index contributed by atoms with van der Waals surface area (Å²) in [6.07, 6.45) is 1.72. The minimum absolute atomic E-state index is 0.503. The predicted molar refractivity (Wildman–Crippen MR) is 69.9 cm³/mol. The predicted octanol–water partition coefficient (Wildman–Crippen LogP) is 0.162. The highest BCUT2D eigenvalue weighted by atomic mass is 32.2. The number of aryl methyl sites for hydroxylation is 1. The molecule has 0 aliphatic carbocycles. The van der Waals surface area contributed by atoms with Crippen molar-refractivity contribution in [2.75, 3.05) is 24.6 Å². The molecule has 2 rings (SSSR count). The van der Waals surface area contributed by atoms with Gasteiger partial charge >= 0.3 is 0 Å². The minimum Gasteiger partial charge on any atom is -0.370 e. The zero-order chi connectivity index (χ0) is 12.1. The van der Waals surface area contributed by atoms with Crippen molar-refractivity contribution in [3.63, 3.8) is 0 Å². The molecule has 6 nitrogen and oxygen atoms in total. The summed E-state index contributed by atoms with van der Waals surface area (Å²) in [7, 11) is 0. The van der Waals surface area contributed by atoms with Crippen molar-refractivity contribution in [1.82, 2.24) is 19.7 Å². The van der Waals surface area contributed by atoms with E-state index in [1.54, 1.807) is 6.33 Å². The van der Waals surface area contributed by atoms with Crippen LogP contribution in [0.5, 0.6) is 0 Å². The van der Waals surface area contributed by atoms with E-state index in [-0.39, 0.29) is 0 Å². The Kier molecular flexibility index (Phi) is 4.24. The van der Waals surface area contributed by atoms with Gasteiger partial charge in [-0.05, 0) is 6.92 Å². The molecule has 1 aromatic rings. The summed E-state index contributed by atoms with van der Waals surface area (Å²) >= 11 is 1.96. The SMILES string of the molecule is CCn1cnnc1CN=C(N)N1CCSCC1. The van der Waals surface area contributed by atoms with Gasteiger partial charge in [0.05, 0.1) is 0 Å². The lowest BCUT2D eigenvalue weighted by Crippen LogP contribution is -2.42. The number of rotatable bonds is 3. The normalized spacial score (nSPS) is 17.5. The van der Waals surface area contributed by atoms with Crippen LogP contribution >= 0.6 is 11.8 Å². The van der Waals surface area contributed by atoms with Crippen LogP contribution in [0.1, 0.15) is 12.7 Å². The quantitative estimate of drug-likeness (QED) is 0.614. The van der Waals surface area contributed by atoms with Crippen molar-refractivity contribution >= 4 is 17.7 Å². The molecule has 0 atom stereocenters. The van der Waals surface area contributed by atoms with Gasteiger partial charge in [-0.15, -0.1) is 10.2 Å². The fourth-order valence-corrected chi connectivity index (χ4v) is 2.61. The number of aliphatic imine (C=N–C) groups is 1. The average Bonchev–Trinajstić information content (AvgIpc) is 2.84. The summed E-state index contributed by atoms with van der Waals surface area (Å²) in [5, 5.41) is 7.90. The van der Waals surface area contributed by atoms with Crippen molar-refractivity contribution in [3.8, 4) is 0 Å². The zero-order valence-electron chi connectivity index (χ0n) is 10.0. The molecule has 0 aromatic carbocycles. The Labute approximate surface area is 105 Å². The van der Waals surface area contributed by atoms with E-state index in [0.717, 1.165) is 37.0 Å². The molecule has 0 amide bonds. The molecule has 0 unspecified atom stereocenters. The lowest BCUT2D eigenvalue weighted by Gasteiger charge is -2.27. The van der Waals surface area contributed by atoms with E-state index >= 15 is 0 Å². The molecule has 1 fully saturated rings. The molecule has 1 aliphatic heterocycles. The van der Waals surface area contributed by atoms with Gasteiger partial charge in [0.15, 0.2) is 11.8 Å². The molecule has 0 saturated carbocycles. The van der Waals surface area contributed by atoms with Crippen molar-refractivity contribution in [2.45, 2.75) is 20.0 Å². The van der Waals surface area contributed by atoms with Crippen molar-refractivity contribution < 1.29 is 0 Å². The highest BCUT2D eigenvalue weighted by Gasteiger charge is 2.12. The van der Waals surface area contributed by atoms with Crippen molar-refractivity contribution in [2.24, 2.45) is 10.7 Å². The number of nitrogens with zero attached hydrogens (tertiary/aromatic N) is 5. The average molecular weight is 254 g/mol. The summed E-state index contributed by atoms with van der Waals surface area (Å²) in [5.41, 5.74) is 5.97. The second kappa shape index (κ2) is 5.90. The number of thioether (sulfide) groups is 1. The van der Waals surface area contributed by atoms with Crippen LogP contribution in [0.4, 0.5) is 0 Å². The fraction of sp³-hybridized carbons (Fsp3) is 0.700. The maximum absolute atomic E-state index is 5.97. The van der Waals surface area contributed by atoms with E-state index in [4.69, 9.17) is 5.73 Å². The minimum atomic E-state index is 0.503. The van der Waals surface area contributed by atoms with Crippen LogP contribution in [0.25, 0.3) is 0 Å². The lowest BCUT2D eigenvalue weighted by atomic mass is 10.5. The third-order valence-corrected chi connectivity index (χ3v) is 3.70. The zero-order valence-corrected chi connectivity index (χ0v) is 10.9. The molecule has 1 aromatic heterocycles. The Morgan fingerprint density at radius 3 is 3.00 bits per heavy atom. The Hall–Kier alpha value is -1.24. The maximum atomic E-state index is 5.97. The van der Waals surface area contributed by atoms with E-state index in [1.807, 2.05) is 16.3 Å². The number of aromatic nitrogens is 3. The Morgan fingerprint density at radius 1 is 1.53 bits per heavy atom. The topological polar surface area (TPSA) is 72.3 Å². The van der Waals surface area contributed by atoms with Crippen molar-refractivity contribution in [1.29, 1.82) is 0 Å². The van der Waals surface area contributed by atoms with Gasteiger partial charge in [0, 0.05) is 31.1 Å². The van der Waals surface area contributed by atoms with Crippen LogP contribution < -0.4 is 5.73 Å². The molecule has 2 heterocycles. The molecule has 0 spiro atoms. The van der Waals surface area contributed by atoms with Gasteiger partial charge in [-0.1, -0.05) is 0 Å². The van der Waals surface area contributed by atoms with Crippen LogP contribution in [-0.2, 0) is 13.1 Å². The number of nitrogens with two attached hydrogens (primary N) is 1. The maximum Gasteiger partial charge on any atom is 0.191 e. The number of hydrogen-bond acceptors (Lipinski definition) is 4. The third kappa shape index (κ3) is 3.12. The molecule has 2 N–H and O–H groups in total. The summed E-state index contributed by atoms with van der Waals surface area (Å²) in [5.74, 6) is 3.74. The van der Waals surface area contributed by atoms with Gasteiger partial charge < -0.3 is 15.2 Å². The van der Waals surface area contributed by atoms with E-state index < -0.39 is 0 Å². The van der Waals surface area contributed by atoms with Crippen LogP contribution in [0.3, 0.4) is 0 Å². The van der Waals surface area contributed by atoms with Gasteiger partial charge in [-0.3, -0.25) is 0 Å². The first-order chi connectivity index (χ1) is 8.31. The van der Waals surface area contributed by atoms with Gasteiger partial charge in [-0.25, -0.2) is 4.99 Å². The lowest BCUT2D eigenvalue weighted by molar-refractivity contribution is 0.455. The van der Waals surface area contributed by atoms with Gasteiger partial charge in [0.1, 0.15) is 12.9 Å². The van der Waals surface area contributed by atoms with Crippen molar-refractivity contribution in [3.05, 3.63) is 12.2 Å². The molecular formula is C10H18N6S. The van der Waals surface area contributed by atoms with Crippen LogP contribution in [0.2, 0.25) is 0 Å². The standard InChI is InChI=1S/C10H18N6S/c1-2-15-8-13-14-9(15)7-12-10(11)16-3-5-17-6-4-16/h8H,2-7H2,1H3,(H2,11,12). The first-order valence-electron chi connectivity index (χ1n) is 5.80. The summed E-state index contributed by atoms with van der Waals surface area (Å²) < 4.78 is 1.98. The van der Waals surface area contributed by atoms with Crippen LogP contribution in [-0.4, -0.2) is 50.2 Å². The molecule has 1 saturated heterocycles. The Morgan fingerprint density at radius 2 is 2.29 bits per heavy atom. The van der Waals surface area contributed by atoms with Crippen LogP contribution in [0.15, 0.2) is 11.3 Å². The molecule has 7 heteroatoms. The number of guanidine groups is 1. The number of hydrogen-bond donors (Lipinski definition) is 1. The summed E-state index contributed by atoms with van der Waals surface area (Å²) in [4.78, 5) is 6.51. The third-order valence-electron chi connectivity index (χ3n) is 2.75. The van der Waals surface area contributed by atoms with Gasteiger partial charge in [0.2, 0.25) is 0 Å². The highest BCUT2D eigenvalue weighted by molar-refractivity contribution is 7.99. The fourth-order valence-electron chi connectivity index (χ4n) is 1.71. The molecular weight excluding hydrogens is 236 g/mol. The molecule has 17 heavy (non-hydrogen) atoms. The first kappa shape index (κ1) is 12.2. The van der Waals surface area contributed by atoms with E-state index in [0.29, 0.717) is 12.5 Å². The van der Waals surface area contributed by atoms with E-state index in [2.05, 4.69) is 27.0 Å². The summed E-state index contributed by atoms with van der Waals surface area (Å²) in [6, 6.07) is 0. The largest absolute Gasteiger partial charge is 0.370 e. The molecule has 0 bridgehead atoms. The molecule has 94 valence electrons. The first-order valence-corrected chi connectivity index (χ1v) is 6.96. The smallest absolute Gasteiger partial charge is 0.191 e. The highest BCUT2D eigenvalue weighted by Crippen LogP contribution is 2.08. The van der Waals surface area contributed by atoms with E-state index in [9.17, 15) is 0 Å². The van der Waals surface area contributed by atoms with Crippen LogP contribution in [0, 0.1) is 0 Å². The molecule has 0 radical (unpaired) electrons. The Bertz CT molecular complexity index is 382. The summed E-state index contributed by atoms with van der Waals surface area (Å²) in [6.45, 7) is 5.39. The monoisotopic (exact) mass is 254 g/mol. The Balaban J connectivity index is 1.95. The van der Waals surface area contributed by atoms with Gasteiger partial charge in [0.25, 0.3) is 0 Å². The second-order valence-corrected chi connectivity index (χ2v) is 5.03. The second-order valence-electron chi connectivity index (χ2n) is 3.81. The molecule has 1 aliphatic rings. The van der Waals surface area contributed by atoms with E-state index in [1.165, 1.54) is 0 Å².